The summed E-state index contributed by atoms with van der Waals surface area (Å²) in [6, 6.07) is 1.99. The Kier molecular flexibility index (Phi) is 3.52. The Balaban J connectivity index is 2.86. The third-order valence-corrected chi connectivity index (χ3v) is 3.25. The third-order valence-electron chi connectivity index (χ3n) is 2.41. The molecule has 1 amide bonds. The molecule has 0 aliphatic heterocycles. The summed E-state index contributed by atoms with van der Waals surface area (Å²) in [5.74, 6) is 0.891. The van der Waals surface area contributed by atoms with Crippen LogP contribution in [0.5, 0.6) is 0 Å². The van der Waals surface area contributed by atoms with Crippen LogP contribution in [-0.2, 0) is 0 Å². The van der Waals surface area contributed by atoms with E-state index in [1.165, 1.54) is 11.3 Å². The molecule has 0 aromatic carbocycles. The second kappa shape index (κ2) is 4.46. The molecule has 3 nitrogen and oxygen atoms in total. The molecule has 1 atom stereocenters. The average molecular weight is 213 g/mol. The Morgan fingerprint density at radius 1 is 1.50 bits per heavy atom. The first-order valence-corrected chi connectivity index (χ1v) is 5.47. The SMILES string of the molecule is CC(C)C(C)c1ccsc1NC(=O)O. The highest BCUT2D eigenvalue weighted by molar-refractivity contribution is 7.14. The molecule has 1 unspecified atom stereocenters. The largest absolute Gasteiger partial charge is 0.465 e. The van der Waals surface area contributed by atoms with Gasteiger partial charge in [-0.05, 0) is 28.8 Å². The third kappa shape index (κ3) is 2.48. The smallest absolute Gasteiger partial charge is 0.409 e. The van der Waals surface area contributed by atoms with E-state index >= 15 is 0 Å². The highest BCUT2D eigenvalue weighted by Crippen LogP contribution is 2.33. The van der Waals surface area contributed by atoms with Crippen LogP contribution in [0.25, 0.3) is 0 Å². The zero-order valence-corrected chi connectivity index (χ0v) is 9.39. The van der Waals surface area contributed by atoms with E-state index in [2.05, 4.69) is 26.1 Å². The van der Waals surface area contributed by atoms with Gasteiger partial charge in [0.15, 0.2) is 0 Å². The Bertz CT molecular complexity index is 320. The van der Waals surface area contributed by atoms with E-state index in [0.717, 1.165) is 10.6 Å². The Morgan fingerprint density at radius 3 is 2.64 bits per heavy atom. The van der Waals surface area contributed by atoms with Gasteiger partial charge in [-0.15, -0.1) is 11.3 Å². The highest BCUT2D eigenvalue weighted by Gasteiger charge is 2.16. The van der Waals surface area contributed by atoms with Gasteiger partial charge in [0.25, 0.3) is 0 Å². The quantitative estimate of drug-likeness (QED) is 0.806. The molecule has 0 bridgehead atoms. The Morgan fingerprint density at radius 2 is 2.14 bits per heavy atom. The monoisotopic (exact) mass is 213 g/mol. The summed E-state index contributed by atoms with van der Waals surface area (Å²) < 4.78 is 0. The summed E-state index contributed by atoms with van der Waals surface area (Å²) in [6.07, 6.45) is -0.996. The van der Waals surface area contributed by atoms with Crippen LogP contribution in [-0.4, -0.2) is 11.2 Å². The van der Waals surface area contributed by atoms with Crippen molar-refractivity contribution in [3.8, 4) is 0 Å². The number of thiophene rings is 1. The number of amides is 1. The van der Waals surface area contributed by atoms with Crippen LogP contribution in [0.15, 0.2) is 11.4 Å². The van der Waals surface area contributed by atoms with Crippen LogP contribution in [0.2, 0.25) is 0 Å². The molecule has 0 radical (unpaired) electrons. The fraction of sp³-hybridized carbons (Fsp3) is 0.500. The summed E-state index contributed by atoms with van der Waals surface area (Å²) in [7, 11) is 0. The molecule has 4 heteroatoms. The molecule has 14 heavy (non-hydrogen) atoms. The molecule has 1 aromatic rings. The van der Waals surface area contributed by atoms with E-state index in [9.17, 15) is 4.79 Å². The summed E-state index contributed by atoms with van der Waals surface area (Å²) in [6.45, 7) is 6.37. The maximum absolute atomic E-state index is 10.5. The molecule has 0 aliphatic rings. The number of rotatable bonds is 3. The second-order valence-corrected chi connectivity index (χ2v) is 4.58. The molecule has 0 saturated carbocycles. The van der Waals surface area contributed by atoms with Gasteiger partial charge in [0, 0.05) is 0 Å². The van der Waals surface area contributed by atoms with E-state index in [0.29, 0.717) is 11.8 Å². The lowest BCUT2D eigenvalue weighted by Gasteiger charge is -2.15. The van der Waals surface area contributed by atoms with Crippen molar-refractivity contribution in [2.75, 3.05) is 5.32 Å². The summed E-state index contributed by atoms with van der Waals surface area (Å²) >= 11 is 1.43. The standard InChI is InChI=1S/C10H15NO2S/c1-6(2)7(3)8-4-5-14-9(8)11-10(12)13/h4-7,11H,1-3H3,(H,12,13). The number of hydrogen-bond acceptors (Lipinski definition) is 2. The van der Waals surface area contributed by atoms with Crippen molar-refractivity contribution in [3.63, 3.8) is 0 Å². The van der Waals surface area contributed by atoms with E-state index in [4.69, 9.17) is 5.11 Å². The van der Waals surface area contributed by atoms with Crippen molar-refractivity contribution in [2.24, 2.45) is 5.92 Å². The van der Waals surface area contributed by atoms with Crippen molar-refractivity contribution < 1.29 is 9.90 Å². The van der Waals surface area contributed by atoms with Crippen molar-refractivity contribution in [3.05, 3.63) is 17.0 Å². The molecule has 78 valence electrons. The topological polar surface area (TPSA) is 49.3 Å². The van der Waals surface area contributed by atoms with Gasteiger partial charge < -0.3 is 5.11 Å². The highest BCUT2D eigenvalue weighted by atomic mass is 32.1. The number of carbonyl (C=O) groups is 1. The van der Waals surface area contributed by atoms with Gasteiger partial charge in [-0.25, -0.2) is 4.79 Å². The minimum absolute atomic E-state index is 0.378. The number of hydrogen-bond donors (Lipinski definition) is 2. The minimum atomic E-state index is -0.996. The van der Waals surface area contributed by atoms with Crippen molar-refractivity contribution >= 4 is 22.4 Å². The minimum Gasteiger partial charge on any atom is -0.465 e. The van der Waals surface area contributed by atoms with E-state index < -0.39 is 6.09 Å². The van der Waals surface area contributed by atoms with E-state index in [1.807, 2.05) is 11.4 Å². The molecule has 0 saturated heterocycles. The maximum atomic E-state index is 10.5. The first-order chi connectivity index (χ1) is 6.52. The molecule has 1 aromatic heterocycles. The van der Waals surface area contributed by atoms with E-state index in [1.54, 1.807) is 0 Å². The van der Waals surface area contributed by atoms with Crippen molar-refractivity contribution in [1.29, 1.82) is 0 Å². The molecular weight excluding hydrogens is 198 g/mol. The van der Waals surface area contributed by atoms with Crippen molar-refractivity contribution in [1.82, 2.24) is 0 Å². The molecular formula is C10H15NO2S. The molecule has 2 N–H and O–H groups in total. The maximum Gasteiger partial charge on any atom is 0.409 e. The van der Waals surface area contributed by atoms with Gasteiger partial charge >= 0.3 is 6.09 Å². The van der Waals surface area contributed by atoms with Crippen LogP contribution in [0.4, 0.5) is 9.80 Å². The number of carboxylic acid groups (broad SMARTS) is 1. The first kappa shape index (κ1) is 11.0. The molecule has 1 heterocycles. The number of nitrogens with one attached hydrogen (secondary N) is 1. The lowest BCUT2D eigenvalue weighted by Crippen LogP contribution is -2.10. The van der Waals surface area contributed by atoms with Crippen LogP contribution >= 0.6 is 11.3 Å². The molecule has 0 fully saturated rings. The van der Waals surface area contributed by atoms with Gasteiger partial charge in [-0.1, -0.05) is 20.8 Å². The lowest BCUT2D eigenvalue weighted by molar-refractivity contribution is 0.210. The predicted octanol–water partition coefficient (Wildman–Crippen LogP) is 3.60. The summed E-state index contributed by atoms with van der Waals surface area (Å²) in [5.41, 5.74) is 1.09. The first-order valence-electron chi connectivity index (χ1n) is 4.59. The van der Waals surface area contributed by atoms with Gasteiger partial charge in [0.05, 0.1) is 0 Å². The summed E-state index contributed by atoms with van der Waals surface area (Å²) in [4.78, 5) is 10.5. The molecule has 0 aliphatic carbocycles. The zero-order chi connectivity index (χ0) is 10.7. The predicted molar refractivity (Wildman–Crippen MR) is 59.2 cm³/mol. The van der Waals surface area contributed by atoms with Crippen molar-refractivity contribution in [2.45, 2.75) is 26.7 Å². The average Bonchev–Trinajstić information content (AvgIpc) is 2.49. The van der Waals surface area contributed by atoms with Gasteiger partial charge in [0.2, 0.25) is 0 Å². The molecule has 0 spiro atoms. The zero-order valence-electron chi connectivity index (χ0n) is 8.57. The fourth-order valence-electron chi connectivity index (χ4n) is 1.24. The Hall–Kier alpha value is -1.03. The van der Waals surface area contributed by atoms with Crippen LogP contribution in [0.3, 0.4) is 0 Å². The van der Waals surface area contributed by atoms with Crippen LogP contribution in [0, 0.1) is 5.92 Å². The van der Waals surface area contributed by atoms with E-state index in [-0.39, 0.29) is 0 Å². The fourth-order valence-corrected chi connectivity index (χ4v) is 2.12. The second-order valence-electron chi connectivity index (χ2n) is 3.67. The number of anilines is 1. The lowest BCUT2D eigenvalue weighted by atomic mass is 9.92. The Labute approximate surface area is 87.8 Å². The van der Waals surface area contributed by atoms with Crippen LogP contribution < -0.4 is 5.32 Å². The molecule has 1 rings (SSSR count). The van der Waals surface area contributed by atoms with Gasteiger partial charge in [0.1, 0.15) is 5.00 Å². The van der Waals surface area contributed by atoms with Gasteiger partial charge in [-0.3, -0.25) is 5.32 Å². The summed E-state index contributed by atoms with van der Waals surface area (Å²) in [5, 5.41) is 13.7. The normalized spacial score (nSPS) is 12.9. The van der Waals surface area contributed by atoms with Gasteiger partial charge in [-0.2, -0.15) is 0 Å². The van der Waals surface area contributed by atoms with Crippen LogP contribution in [0.1, 0.15) is 32.3 Å².